The van der Waals surface area contributed by atoms with Crippen LogP contribution in [0.1, 0.15) is 64.7 Å². The monoisotopic (exact) mass is 264 g/mol. The molecule has 2 aliphatic carbocycles. The molecule has 1 saturated heterocycles. The molecule has 3 rings (SSSR count). The summed E-state index contributed by atoms with van der Waals surface area (Å²) in [6.45, 7) is 6.30. The number of hydrogen-bond acceptors (Lipinski definition) is 2. The van der Waals surface area contributed by atoms with Crippen molar-refractivity contribution in [2.75, 3.05) is 19.6 Å². The summed E-state index contributed by atoms with van der Waals surface area (Å²) in [5.74, 6) is 2.03. The van der Waals surface area contributed by atoms with Crippen LogP contribution in [0.25, 0.3) is 0 Å². The van der Waals surface area contributed by atoms with Crippen LogP contribution in [-0.2, 0) is 0 Å². The predicted molar refractivity (Wildman–Crippen MR) is 81.4 cm³/mol. The van der Waals surface area contributed by atoms with Gasteiger partial charge < -0.3 is 5.32 Å². The Morgan fingerprint density at radius 1 is 1.00 bits per heavy atom. The van der Waals surface area contributed by atoms with E-state index in [4.69, 9.17) is 0 Å². The second kappa shape index (κ2) is 6.58. The lowest BCUT2D eigenvalue weighted by atomic mass is 9.81. The quantitative estimate of drug-likeness (QED) is 0.837. The highest BCUT2D eigenvalue weighted by molar-refractivity contribution is 4.89. The zero-order chi connectivity index (χ0) is 13.1. The van der Waals surface area contributed by atoms with Gasteiger partial charge in [0, 0.05) is 25.2 Å². The molecule has 0 aromatic rings. The Bertz CT molecular complexity index is 268. The van der Waals surface area contributed by atoms with Crippen molar-refractivity contribution in [2.45, 2.75) is 76.8 Å². The molecular formula is C17H32N2. The fraction of sp³-hybridized carbons (Fsp3) is 1.00. The van der Waals surface area contributed by atoms with Crippen LogP contribution in [0.4, 0.5) is 0 Å². The van der Waals surface area contributed by atoms with Crippen LogP contribution in [0.5, 0.6) is 0 Å². The predicted octanol–water partition coefficient (Wildman–Crippen LogP) is 3.42. The molecule has 2 heteroatoms. The van der Waals surface area contributed by atoms with Crippen molar-refractivity contribution in [1.82, 2.24) is 10.2 Å². The van der Waals surface area contributed by atoms with E-state index in [0.717, 1.165) is 23.9 Å². The van der Waals surface area contributed by atoms with Gasteiger partial charge in [0.1, 0.15) is 0 Å². The first kappa shape index (κ1) is 13.9. The first-order valence-electron chi connectivity index (χ1n) is 8.80. The summed E-state index contributed by atoms with van der Waals surface area (Å²) in [6, 6.07) is 1.54. The van der Waals surface area contributed by atoms with Gasteiger partial charge in [-0.25, -0.2) is 0 Å². The van der Waals surface area contributed by atoms with Gasteiger partial charge in [-0.3, -0.25) is 4.90 Å². The van der Waals surface area contributed by atoms with E-state index >= 15 is 0 Å². The zero-order valence-corrected chi connectivity index (χ0v) is 12.7. The fourth-order valence-corrected chi connectivity index (χ4v) is 4.24. The third-order valence-corrected chi connectivity index (χ3v) is 6.00. The molecule has 3 aliphatic rings. The lowest BCUT2D eigenvalue weighted by molar-refractivity contribution is 0.0929. The molecule has 19 heavy (non-hydrogen) atoms. The topological polar surface area (TPSA) is 15.3 Å². The smallest absolute Gasteiger partial charge is 0.0224 e. The molecule has 0 spiro atoms. The van der Waals surface area contributed by atoms with E-state index in [1.807, 2.05) is 0 Å². The minimum atomic E-state index is 0.750. The van der Waals surface area contributed by atoms with Crippen molar-refractivity contribution >= 4 is 0 Å². The molecule has 0 amide bonds. The Kier molecular flexibility index (Phi) is 4.81. The average Bonchev–Trinajstić information content (AvgIpc) is 2.40. The first-order chi connectivity index (χ1) is 9.33. The molecule has 1 aliphatic heterocycles. The summed E-state index contributed by atoms with van der Waals surface area (Å²) < 4.78 is 0. The van der Waals surface area contributed by atoms with E-state index in [1.54, 1.807) is 0 Å². The second-order valence-electron chi connectivity index (χ2n) is 7.34. The van der Waals surface area contributed by atoms with Crippen LogP contribution in [0, 0.1) is 11.8 Å². The van der Waals surface area contributed by atoms with Crippen LogP contribution in [0.15, 0.2) is 0 Å². The Labute approximate surface area is 119 Å². The van der Waals surface area contributed by atoms with Crippen molar-refractivity contribution < 1.29 is 0 Å². The maximum Gasteiger partial charge on any atom is 0.0224 e. The van der Waals surface area contributed by atoms with Gasteiger partial charge in [-0.2, -0.15) is 0 Å². The molecule has 1 N–H and O–H groups in total. The Hall–Kier alpha value is -0.0800. The third kappa shape index (κ3) is 3.52. The van der Waals surface area contributed by atoms with E-state index in [0.29, 0.717) is 0 Å². The maximum absolute atomic E-state index is 3.84. The van der Waals surface area contributed by atoms with Crippen molar-refractivity contribution in [2.24, 2.45) is 11.8 Å². The van der Waals surface area contributed by atoms with Crippen LogP contribution in [0.2, 0.25) is 0 Å². The highest BCUT2D eigenvalue weighted by atomic mass is 15.2. The number of piperazine rings is 1. The van der Waals surface area contributed by atoms with Gasteiger partial charge in [0.25, 0.3) is 0 Å². The third-order valence-electron chi connectivity index (χ3n) is 6.00. The normalized spacial score (nSPS) is 35.2. The van der Waals surface area contributed by atoms with Crippen LogP contribution >= 0.6 is 0 Å². The molecule has 110 valence electrons. The summed E-state index contributed by atoms with van der Waals surface area (Å²) in [6.07, 6.45) is 13.3. The largest absolute Gasteiger partial charge is 0.311 e. The molecule has 2 saturated carbocycles. The highest BCUT2D eigenvalue weighted by Gasteiger charge is 2.31. The molecular weight excluding hydrogens is 232 g/mol. The average molecular weight is 264 g/mol. The molecule has 0 aromatic heterocycles. The molecule has 1 heterocycles. The minimum absolute atomic E-state index is 0.750. The Morgan fingerprint density at radius 2 is 1.79 bits per heavy atom. The summed E-state index contributed by atoms with van der Waals surface area (Å²) >= 11 is 0. The molecule has 2 unspecified atom stereocenters. The summed E-state index contributed by atoms with van der Waals surface area (Å²) in [5, 5.41) is 3.84. The van der Waals surface area contributed by atoms with Crippen LogP contribution in [-0.4, -0.2) is 36.6 Å². The van der Waals surface area contributed by atoms with Gasteiger partial charge in [0.15, 0.2) is 0 Å². The zero-order valence-electron chi connectivity index (χ0n) is 12.7. The lowest BCUT2D eigenvalue weighted by Gasteiger charge is -2.43. The van der Waals surface area contributed by atoms with Gasteiger partial charge in [0.05, 0.1) is 0 Å². The van der Waals surface area contributed by atoms with E-state index in [-0.39, 0.29) is 0 Å². The van der Waals surface area contributed by atoms with Gasteiger partial charge in [-0.15, -0.1) is 0 Å². The van der Waals surface area contributed by atoms with Gasteiger partial charge in [0.2, 0.25) is 0 Å². The number of rotatable bonds is 4. The van der Waals surface area contributed by atoms with Crippen molar-refractivity contribution in [3.63, 3.8) is 0 Å². The maximum atomic E-state index is 3.84. The molecule has 2 nitrogen and oxygen atoms in total. The van der Waals surface area contributed by atoms with E-state index in [2.05, 4.69) is 17.1 Å². The highest BCUT2D eigenvalue weighted by Crippen LogP contribution is 2.31. The standard InChI is InChI=1S/C17H32N2/c1-14-12-18-17(16-8-3-2-4-9-16)13-19(14)11-10-15-6-5-7-15/h14-18H,2-13H2,1H3. The SMILES string of the molecule is CC1CNC(C2CCCCC2)CN1CCC1CCC1. The molecule has 0 bridgehead atoms. The van der Waals surface area contributed by atoms with Gasteiger partial charge in [-0.1, -0.05) is 38.5 Å². The van der Waals surface area contributed by atoms with E-state index < -0.39 is 0 Å². The summed E-state index contributed by atoms with van der Waals surface area (Å²) in [4.78, 5) is 2.79. The number of nitrogens with zero attached hydrogens (tertiary/aromatic N) is 1. The van der Waals surface area contributed by atoms with Gasteiger partial charge >= 0.3 is 0 Å². The molecule has 2 atom stereocenters. The van der Waals surface area contributed by atoms with Crippen molar-refractivity contribution in [3.8, 4) is 0 Å². The molecule has 3 fully saturated rings. The Balaban J connectivity index is 1.47. The number of hydrogen-bond donors (Lipinski definition) is 1. The lowest BCUT2D eigenvalue weighted by Crippen LogP contribution is -2.58. The Morgan fingerprint density at radius 3 is 2.47 bits per heavy atom. The summed E-state index contributed by atoms with van der Waals surface area (Å²) in [7, 11) is 0. The minimum Gasteiger partial charge on any atom is -0.311 e. The van der Waals surface area contributed by atoms with Crippen LogP contribution < -0.4 is 5.32 Å². The van der Waals surface area contributed by atoms with Crippen LogP contribution in [0.3, 0.4) is 0 Å². The first-order valence-corrected chi connectivity index (χ1v) is 8.80. The van der Waals surface area contributed by atoms with Crippen molar-refractivity contribution in [3.05, 3.63) is 0 Å². The molecule has 0 radical (unpaired) electrons. The van der Waals surface area contributed by atoms with Crippen molar-refractivity contribution in [1.29, 1.82) is 0 Å². The van der Waals surface area contributed by atoms with Gasteiger partial charge in [-0.05, 0) is 44.6 Å². The second-order valence-corrected chi connectivity index (χ2v) is 7.34. The molecule has 0 aromatic carbocycles. The van der Waals surface area contributed by atoms with E-state index in [1.165, 1.54) is 77.4 Å². The summed E-state index contributed by atoms with van der Waals surface area (Å²) in [5.41, 5.74) is 0. The fourth-order valence-electron chi connectivity index (χ4n) is 4.24. The number of nitrogens with one attached hydrogen (secondary N) is 1. The van der Waals surface area contributed by atoms with E-state index in [9.17, 15) is 0 Å².